The van der Waals surface area contributed by atoms with Crippen molar-refractivity contribution in [2.75, 3.05) is 11.1 Å². The van der Waals surface area contributed by atoms with Gasteiger partial charge in [0.2, 0.25) is 11.8 Å². The maximum absolute atomic E-state index is 12.6. The van der Waals surface area contributed by atoms with Crippen LogP contribution in [0.1, 0.15) is 17.9 Å². The molecule has 0 spiro atoms. The van der Waals surface area contributed by atoms with Gasteiger partial charge in [-0.2, -0.15) is 5.26 Å². The molecule has 0 saturated heterocycles. The van der Waals surface area contributed by atoms with Gasteiger partial charge in [0.15, 0.2) is 0 Å². The summed E-state index contributed by atoms with van der Waals surface area (Å²) in [4.78, 5) is 35.5. The Hall–Kier alpha value is -4.16. The van der Waals surface area contributed by atoms with Crippen LogP contribution in [0.25, 0.3) is 10.8 Å². The van der Waals surface area contributed by atoms with Crippen molar-refractivity contribution < 1.29 is 14.5 Å². The van der Waals surface area contributed by atoms with Gasteiger partial charge in [0.25, 0.3) is 5.69 Å². The van der Waals surface area contributed by atoms with E-state index in [4.69, 9.17) is 0 Å². The lowest BCUT2D eigenvalue weighted by Gasteiger charge is -2.25. The SMILES string of the molecule is N#CC1=C(SCC(=O)Nc2cccc3ccccc23)NC(=O)CC1c1cccc([N+](=O)[O-])c1. The summed E-state index contributed by atoms with van der Waals surface area (Å²) in [5.74, 6) is -1.24. The van der Waals surface area contributed by atoms with Crippen LogP contribution in [-0.2, 0) is 9.59 Å². The summed E-state index contributed by atoms with van der Waals surface area (Å²) in [6.07, 6.45) is -0.00365. The van der Waals surface area contributed by atoms with Crippen LogP contribution in [0, 0.1) is 21.4 Å². The maximum Gasteiger partial charge on any atom is 0.269 e. The van der Waals surface area contributed by atoms with Crippen molar-refractivity contribution in [3.8, 4) is 6.07 Å². The molecule has 33 heavy (non-hydrogen) atoms. The molecule has 0 radical (unpaired) electrons. The number of amides is 2. The summed E-state index contributed by atoms with van der Waals surface area (Å²) >= 11 is 1.05. The Balaban J connectivity index is 1.54. The third-order valence-electron chi connectivity index (χ3n) is 5.25. The maximum atomic E-state index is 12.6. The lowest BCUT2D eigenvalue weighted by molar-refractivity contribution is -0.384. The Morgan fingerprint density at radius 3 is 2.73 bits per heavy atom. The first kappa shape index (κ1) is 22.0. The number of rotatable bonds is 6. The molecule has 1 unspecified atom stereocenters. The Kier molecular flexibility index (Phi) is 6.38. The second kappa shape index (κ2) is 9.54. The van der Waals surface area contributed by atoms with Crippen LogP contribution < -0.4 is 10.6 Å². The van der Waals surface area contributed by atoms with Crippen molar-refractivity contribution in [2.45, 2.75) is 12.3 Å². The fourth-order valence-electron chi connectivity index (χ4n) is 3.73. The number of nitro groups is 1. The number of non-ortho nitro benzene ring substituents is 1. The quantitative estimate of drug-likeness (QED) is 0.415. The van der Waals surface area contributed by atoms with E-state index in [9.17, 15) is 25.0 Å². The summed E-state index contributed by atoms with van der Waals surface area (Å²) in [7, 11) is 0. The number of nitriles is 1. The van der Waals surface area contributed by atoms with Crippen molar-refractivity contribution in [2.24, 2.45) is 0 Å². The average molecular weight is 458 g/mol. The molecule has 0 aliphatic carbocycles. The molecule has 8 nitrogen and oxygen atoms in total. The van der Waals surface area contributed by atoms with Gasteiger partial charge in [-0.25, -0.2) is 0 Å². The number of carbonyl (C=O) groups excluding carboxylic acids is 2. The number of thioether (sulfide) groups is 1. The largest absolute Gasteiger partial charge is 0.325 e. The number of hydrogen-bond donors (Lipinski definition) is 2. The predicted octanol–water partition coefficient (Wildman–Crippen LogP) is 4.46. The highest BCUT2D eigenvalue weighted by atomic mass is 32.2. The Morgan fingerprint density at radius 2 is 1.94 bits per heavy atom. The summed E-state index contributed by atoms with van der Waals surface area (Å²) in [6, 6.07) is 21.3. The van der Waals surface area contributed by atoms with Gasteiger partial charge in [-0.15, -0.1) is 0 Å². The molecule has 3 aromatic rings. The fraction of sp³-hybridized carbons (Fsp3) is 0.125. The van der Waals surface area contributed by atoms with Gasteiger partial charge in [-0.1, -0.05) is 60.3 Å². The molecule has 4 rings (SSSR count). The van der Waals surface area contributed by atoms with E-state index in [2.05, 4.69) is 16.7 Å². The van der Waals surface area contributed by atoms with Gasteiger partial charge in [0.05, 0.1) is 27.3 Å². The van der Waals surface area contributed by atoms with Crippen molar-refractivity contribution in [3.63, 3.8) is 0 Å². The second-order valence-electron chi connectivity index (χ2n) is 7.38. The van der Waals surface area contributed by atoms with Gasteiger partial charge in [0, 0.05) is 35.5 Å². The predicted molar refractivity (Wildman–Crippen MR) is 126 cm³/mol. The third kappa shape index (κ3) is 4.86. The van der Waals surface area contributed by atoms with Gasteiger partial charge in [-0.3, -0.25) is 19.7 Å². The zero-order valence-corrected chi connectivity index (χ0v) is 18.1. The number of allylic oxidation sites excluding steroid dienone is 1. The van der Waals surface area contributed by atoms with Crippen LogP contribution in [0.2, 0.25) is 0 Å². The molecule has 9 heteroatoms. The number of benzene rings is 3. The second-order valence-corrected chi connectivity index (χ2v) is 8.36. The normalized spacial score (nSPS) is 15.6. The Labute approximate surface area is 193 Å². The minimum atomic E-state index is -0.618. The van der Waals surface area contributed by atoms with Crippen molar-refractivity contribution >= 4 is 45.7 Å². The smallest absolute Gasteiger partial charge is 0.269 e. The van der Waals surface area contributed by atoms with Crippen LogP contribution in [0.4, 0.5) is 11.4 Å². The molecule has 0 aromatic heterocycles. The monoisotopic (exact) mass is 458 g/mol. The number of nitrogens with one attached hydrogen (secondary N) is 2. The van der Waals surface area contributed by atoms with E-state index in [0.717, 1.165) is 22.5 Å². The van der Waals surface area contributed by atoms with E-state index >= 15 is 0 Å². The van der Waals surface area contributed by atoms with Crippen molar-refractivity contribution in [1.82, 2.24) is 5.32 Å². The number of fused-ring (bicyclic) bond motifs is 1. The molecule has 2 amide bonds. The molecule has 1 atom stereocenters. The van der Waals surface area contributed by atoms with Crippen LogP contribution in [0.3, 0.4) is 0 Å². The highest BCUT2D eigenvalue weighted by molar-refractivity contribution is 8.03. The minimum absolute atomic E-state index is 0.00365. The molecule has 1 aliphatic heterocycles. The first-order chi connectivity index (χ1) is 16.0. The molecule has 1 heterocycles. The zero-order chi connectivity index (χ0) is 23.4. The molecule has 0 bridgehead atoms. The topological polar surface area (TPSA) is 125 Å². The molecular formula is C24H18N4O4S. The van der Waals surface area contributed by atoms with Gasteiger partial charge >= 0.3 is 0 Å². The molecule has 164 valence electrons. The van der Waals surface area contributed by atoms with Gasteiger partial charge in [-0.05, 0) is 17.0 Å². The Morgan fingerprint density at radius 1 is 1.18 bits per heavy atom. The molecule has 0 saturated carbocycles. The first-order valence-electron chi connectivity index (χ1n) is 10.0. The Bertz CT molecular complexity index is 1340. The molecule has 0 fully saturated rings. The summed E-state index contributed by atoms with van der Waals surface area (Å²) in [5.41, 5.74) is 1.35. The van der Waals surface area contributed by atoms with Crippen molar-refractivity contribution in [1.29, 1.82) is 5.26 Å². The van der Waals surface area contributed by atoms with E-state index in [1.165, 1.54) is 18.2 Å². The molecule has 3 aromatic carbocycles. The summed E-state index contributed by atoms with van der Waals surface area (Å²) < 4.78 is 0. The van der Waals surface area contributed by atoms with E-state index in [0.29, 0.717) is 16.3 Å². The number of nitrogens with zero attached hydrogens (tertiary/aromatic N) is 2. The average Bonchev–Trinajstić information content (AvgIpc) is 2.82. The van der Waals surface area contributed by atoms with Crippen LogP contribution in [0.5, 0.6) is 0 Å². The van der Waals surface area contributed by atoms with E-state index in [1.807, 2.05) is 42.5 Å². The van der Waals surface area contributed by atoms with Gasteiger partial charge in [0.1, 0.15) is 0 Å². The summed E-state index contributed by atoms with van der Waals surface area (Å²) in [5, 5.41) is 28.6. The number of anilines is 1. The third-order valence-corrected chi connectivity index (χ3v) is 6.27. The minimum Gasteiger partial charge on any atom is -0.325 e. The summed E-state index contributed by atoms with van der Waals surface area (Å²) in [6.45, 7) is 0. The number of nitro benzene ring substituents is 1. The molecule has 2 N–H and O–H groups in total. The first-order valence-corrected chi connectivity index (χ1v) is 11.0. The lowest BCUT2D eigenvalue weighted by atomic mass is 9.87. The van der Waals surface area contributed by atoms with E-state index < -0.39 is 10.8 Å². The van der Waals surface area contributed by atoms with Gasteiger partial charge < -0.3 is 10.6 Å². The van der Waals surface area contributed by atoms with E-state index in [-0.39, 0.29) is 35.2 Å². The number of hydrogen-bond acceptors (Lipinski definition) is 6. The molecular weight excluding hydrogens is 440 g/mol. The van der Waals surface area contributed by atoms with E-state index in [1.54, 1.807) is 6.07 Å². The standard InChI is InChI=1S/C24H18N4O4S/c25-13-20-19(16-7-3-8-17(11-16)28(31)32)12-22(29)27-24(20)33-14-23(30)26-21-10-4-6-15-5-1-2-9-18(15)21/h1-11,19H,12,14H2,(H,26,30)(H,27,29). The fourth-order valence-corrected chi connectivity index (χ4v) is 4.61. The molecule has 1 aliphatic rings. The van der Waals surface area contributed by atoms with Crippen LogP contribution >= 0.6 is 11.8 Å². The van der Waals surface area contributed by atoms with Crippen LogP contribution in [-0.4, -0.2) is 22.5 Å². The number of carbonyl (C=O) groups is 2. The highest BCUT2D eigenvalue weighted by Crippen LogP contribution is 2.37. The highest BCUT2D eigenvalue weighted by Gasteiger charge is 2.30. The zero-order valence-electron chi connectivity index (χ0n) is 17.3. The van der Waals surface area contributed by atoms with Crippen LogP contribution in [0.15, 0.2) is 77.3 Å². The lowest BCUT2D eigenvalue weighted by Crippen LogP contribution is -2.31. The van der Waals surface area contributed by atoms with Crippen molar-refractivity contribution in [3.05, 3.63) is 93.0 Å².